The van der Waals surface area contributed by atoms with Gasteiger partial charge < -0.3 is 4.74 Å². The lowest BCUT2D eigenvalue weighted by atomic mass is 9.88. The van der Waals surface area contributed by atoms with Gasteiger partial charge in [0, 0.05) is 12.2 Å². The highest BCUT2D eigenvalue weighted by atomic mass is 16.5. The van der Waals surface area contributed by atoms with Gasteiger partial charge in [-0.15, -0.1) is 0 Å². The molecule has 0 bridgehead atoms. The van der Waals surface area contributed by atoms with Gasteiger partial charge in [0.05, 0.1) is 6.61 Å². The monoisotopic (exact) mass is 492 g/mol. The lowest BCUT2D eigenvalue weighted by molar-refractivity contribution is -0.109. The molecular formula is C35H40O2. The Bertz CT molecular complexity index is 1270. The molecule has 0 N–H and O–H groups in total. The van der Waals surface area contributed by atoms with Crippen LogP contribution in [0.1, 0.15) is 59.6 Å². The van der Waals surface area contributed by atoms with Gasteiger partial charge in [0.1, 0.15) is 0 Å². The van der Waals surface area contributed by atoms with Crippen LogP contribution in [-0.2, 0) is 16.0 Å². The summed E-state index contributed by atoms with van der Waals surface area (Å²) in [6.07, 6.45) is 7.74. The normalized spacial score (nSPS) is 13.8. The molecular weight excluding hydrogens is 452 g/mol. The summed E-state index contributed by atoms with van der Waals surface area (Å²) in [5, 5.41) is 0. The van der Waals surface area contributed by atoms with Crippen molar-refractivity contribution in [2.75, 3.05) is 13.2 Å². The zero-order chi connectivity index (χ0) is 26.8. The van der Waals surface area contributed by atoms with Crippen molar-refractivity contribution in [3.05, 3.63) is 119 Å². The van der Waals surface area contributed by atoms with Crippen molar-refractivity contribution in [3.63, 3.8) is 0 Å². The van der Waals surface area contributed by atoms with Crippen molar-refractivity contribution in [3.8, 4) is 11.1 Å². The van der Waals surface area contributed by atoms with E-state index in [1.165, 1.54) is 46.7 Å². The first-order valence-corrected chi connectivity index (χ1v) is 13.2. The van der Waals surface area contributed by atoms with E-state index in [9.17, 15) is 4.79 Å². The largest absolute Gasteiger partial charge is 0.381 e. The van der Waals surface area contributed by atoms with Gasteiger partial charge >= 0.3 is 0 Å². The maximum absolute atomic E-state index is 12.8. The van der Waals surface area contributed by atoms with Crippen LogP contribution in [-0.4, -0.2) is 19.0 Å². The summed E-state index contributed by atoms with van der Waals surface area (Å²) in [5.41, 5.74) is 11.2. The summed E-state index contributed by atoms with van der Waals surface area (Å²) in [4.78, 5) is 12.8. The molecule has 192 valence electrons. The average molecular weight is 493 g/mol. The molecule has 0 saturated carbocycles. The highest BCUT2D eigenvalue weighted by Gasteiger charge is 2.15. The third-order valence-electron chi connectivity index (χ3n) is 6.81. The molecule has 1 fully saturated rings. The molecule has 3 aromatic carbocycles. The minimum atomic E-state index is -0.0636. The third kappa shape index (κ3) is 7.74. The molecule has 0 atom stereocenters. The van der Waals surface area contributed by atoms with E-state index >= 15 is 0 Å². The molecule has 1 heterocycles. The van der Waals surface area contributed by atoms with Crippen LogP contribution in [0.4, 0.5) is 0 Å². The van der Waals surface area contributed by atoms with E-state index in [4.69, 9.17) is 4.74 Å². The number of hydrogen-bond acceptors (Lipinski definition) is 2. The fraction of sp³-hybridized carbons (Fsp3) is 0.286. The highest BCUT2D eigenvalue weighted by molar-refractivity contribution is 6.30. The molecule has 2 nitrogen and oxygen atoms in total. The lowest BCUT2D eigenvalue weighted by Gasteiger charge is -2.15. The van der Waals surface area contributed by atoms with E-state index < -0.39 is 0 Å². The quantitative estimate of drug-likeness (QED) is 0.195. The van der Waals surface area contributed by atoms with Crippen LogP contribution in [0.5, 0.6) is 0 Å². The minimum Gasteiger partial charge on any atom is -0.381 e. The standard InChI is InChI=1S/C28H28O.C7H12O/c1-6-23-10-8-9-21(5)28(23)24-16-13-20(4)25(18-24)26(27(29)7-2)17-22-14-11-19(3)12-15-22;1-7-3-2-5-8-6-4-7/h7-18H,2,6H2,1,3-5H3;1-6H2/b26-17+;. The maximum atomic E-state index is 12.8. The molecule has 1 saturated heterocycles. The van der Waals surface area contributed by atoms with Crippen LogP contribution >= 0.6 is 0 Å². The van der Waals surface area contributed by atoms with Crippen molar-refractivity contribution in [1.82, 2.24) is 0 Å². The first-order chi connectivity index (χ1) is 17.8. The first kappa shape index (κ1) is 28.1. The molecule has 0 aliphatic carbocycles. The smallest absolute Gasteiger partial charge is 0.185 e. The van der Waals surface area contributed by atoms with Crippen molar-refractivity contribution in [2.45, 2.75) is 53.4 Å². The van der Waals surface area contributed by atoms with Gasteiger partial charge in [-0.2, -0.15) is 0 Å². The molecule has 0 amide bonds. The Hall–Kier alpha value is -3.49. The minimum absolute atomic E-state index is 0.0636. The number of allylic oxidation sites excluding steroid dienone is 2. The lowest BCUT2D eigenvalue weighted by Crippen LogP contribution is -2.01. The number of aryl methyl sites for hydroxylation is 4. The molecule has 0 aromatic heterocycles. The van der Waals surface area contributed by atoms with Crippen molar-refractivity contribution in [2.24, 2.45) is 0 Å². The van der Waals surface area contributed by atoms with E-state index in [1.54, 1.807) is 0 Å². The van der Waals surface area contributed by atoms with Crippen LogP contribution in [0, 0.1) is 20.8 Å². The van der Waals surface area contributed by atoms with E-state index in [0.29, 0.717) is 5.57 Å². The molecule has 0 radical (unpaired) electrons. The molecule has 0 unspecified atom stereocenters. The SMILES string of the molecule is C=C1CCCOCC1.C=CC(=O)/C(=C/c1ccc(C)cc1)c1cc(-c2c(C)cccc2CC)ccc1C. The fourth-order valence-corrected chi connectivity index (χ4v) is 4.59. The van der Waals surface area contributed by atoms with E-state index in [0.717, 1.165) is 48.3 Å². The van der Waals surface area contributed by atoms with Crippen LogP contribution in [0.2, 0.25) is 0 Å². The number of ketones is 1. The zero-order valence-electron chi connectivity index (χ0n) is 22.9. The second-order valence-corrected chi connectivity index (χ2v) is 9.75. The Morgan fingerprint density at radius 1 is 0.946 bits per heavy atom. The number of carbonyl (C=O) groups is 1. The van der Waals surface area contributed by atoms with Crippen LogP contribution in [0.15, 0.2) is 85.5 Å². The molecule has 2 heteroatoms. The van der Waals surface area contributed by atoms with Crippen LogP contribution in [0.3, 0.4) is 0 Å². The molecule has 1 aliphatic rings. The molecule has 4 rings (SSSR count). The van der Waals surface area contributed by atoms with E-state index in [-0.39, 0.29) is 5.78 Å². The molecule has 1 aliphatic heterocycles. The van der Waals surface area contributed by atoms with Gasteiger partial charge in [0.15, 0.2) is 5.78 Å². The predicted octanol–water partition coefficient (Wildman–Crippen LogP) is 8.88. The predicted molar refractivity (Wildman–Crippen MR) is 159 cm³/mol. The maximum Gasteiger partial charge on any atom is 0.185 e. The summed E-state index contributed by atoms with van der Waals surface area (Å²) >= 11 is 0. The second kappa shape index (κ2) is 13.7. The zero-order valence-corrected chi connectivity index (χ0v) is 22.9. The average Bonchev–Trinajstić information content (AvgIpc) is 3.16. The van der Waals surface area contributed by atoms with Crippen molar-refractivity contribution >= 4 is 17.4 Å². The number of carbonyl (C=O) groups excluding carboxylic acids is 1. The third-order valence-corrected chi connectivity index (χ3v) is 6.81. The Balaban J connectivity index is 0.000000405. The Morgan fingerprint density at radius 3 is 2.41 bits per heavy atom. The van der Waals surface area contributed by atoms with Crippen LogP contribution < -0.4 is 0 Å². The Labute approximate surface area is 223 Å². The van der Waals surface area contributed by atoms with Gasteiger partial charge in [0.25, 0.3) is 0 Å². The number of benzene rings is 3. The fourth-order valence-electron chi connectivity index (χ4n) is 4.59. The Morgan fingerprint density at radius 2 is 1.70 bits per heavy atom. The number of rotatable bonds is 6. The van der Waals surface area contributed by atoms with Gasteiger partial charge in [-0.05, 0) is 104 Å². The van der Waals surface area contributed by atoms with Gasteiger partial charge in [0.2, 0.25) is 0 Å². The van der Waals surface area contributed by atoms with E-state index in [1.807, 2.05) is 18.2 Å². The Kier molecular flexibility index (Phi) is 10.4. The first-order valence-electron chi connectivity index (χ1n) is 13.2. The van der Waals surface area contributed by atoms with Gasteiger partial charge in [-0.1, -0.05) is 85.8 Å². The summed E-state index contributed by atoms with van der Waals surface area (Å²) in [6, 6.07) is 21.1. The topological polar surface area (TPSA) is 26.3 Å². The number of hydrogen-bond donors (Lipinski definition) is 0. The second-order valence-electron chi connectivity index (χ2n) is 9.75. The van der Waals surface area contributed by atoms with Gasteiger partial charge in [-0.3, -0.25) is 4.79 Å². The molecule has 0 spiro atoms. The summed E-state index contributed by atoms with van der Waals surface area (Å²) < 4.78 is 5.20. The van der Waals surface area contributed by atoms with Gasteiger partial charge in [-0.25, -0.2) is 0 Å². The summed E-state index contributed by atoms with van der Waals surface area (Å²) in [6.45, 7) is 17.9. The molecule has 37 heavy (non-hydrogen) atoms. The number of ether oxygens (including phenoxy) is 1. The molecule has 3 aromatic rings. The van der Waals surface area contributed by atoms with Crippen molar-refractivity contribution in [1.29, 1.82) is 0 Å². The van der Waals surface area contributed by atoms with Crippen molar-refractivity contribution < 1.29 is 9.53 Å². The van der Waals surface area contributed by atoms with E-state index in [2.05, 4.69) is 89.4 Å². The van der Waals surface area contributed by atoms with Crippen LogP contribution in [0.25, 0.3) is 22.8 Å². The summed E-state index contributed by atoms with van der Waals surface area (Å²) in [7, 11) is 0. The summed E-state index contributed by atoms with van der Waals surface area (Å²) in [5.74, 6) is -0.0636. The highest BCUT2D eigenvalue weighted by Crippen LogP contribution is 2.33.